The van der Waals surface area contributed by atoms with Crippen molar-refractivity contribution in [3.63, 3.8) is 0 Å². The number of aliphatic hydroxyl groups is 1. The topological polar surface area (TPSA) is 47.9 Å². The molecule has 1 aliphatic rings. The average Bonchev–Trinajstić information content (AvgIpc) is 2.49. The van der Waals surface area contributed by atoms with Crippen molar-refractivity contribution in [1.29, 1.82) is 0 Å². The first-order valence-electron chi connectivity index (χ1n) is 6.18. The van der Waals surface area contributed by atoms with Crippen LogP contribution in [-0.4, -0.2) is 36.3 Å². The van der Waals surface area contributed by atoms with Crippen LogP contribution in [0, 0.1) is 0 Å². The van der Waals surface area contributed by atoms with Crippen LogP contribution in [0.2, 0.25) is 0 Å². The molecule has 0 amide bonds. The van der Waals surface area contributed by atoms with Crippen molar-refractivity contribution in [3.05, 3.63) is 35.9 Å². The summed E-state index contributed by atoms with van der Waals surface area (Å²) in [4.78, 5) is 0. The minimum atomic E-state index is -0.661. The molecule has 1 aliphatic heterocycles. The maximum atomic E-state index is 9.93. The Morgan fingerprint density at radius 2 is 1.89 bits per heavy atom. The predicted molar refractivity (Wildman–Crippen MR) is 67.0 cm³/mol. The number of hydrogen-bond acceptors (Lipinski definition) is 4. The molecule has 100 valence electrons. The third-order valence-electron chi connectivity index (χ3n) is 2.93. The van der Waals surface area contributed by atoms with Crippen LogP contribution in [-0.2, 0) is 20.8 Å². The van der Waals surface area contributed by atoms with Crippen LogP contribution in [0.1, 0.15) is 19.4 Å². The molecule has 1 fully saturated rings. The van der Waals surface area contributed by atoms with Crippen LogP contribution in [0.25, 0.3) is 0 Å². The van der Waals surface area contributed by atoms with E-state index in [0.717, 1.165) is 5.56 Å². The maximum Gasteiger partial charge on any atom is 0.163 e. The summed E-state index contributed by atoms with van der Waals surface area (Å²) in [6.07, 6.45) is -1.01. The molecule has 2 rings (SSSR count). The van der Waals surface area contributed by atoms with Gasteiger partial charge in [-0.3, -0.25) is 0 Å². The molecular formula is C14H20O4. The Bertz CT molecular complexity index is 363. The minimum Gasteiger partial charge on any atom is -0.388 e. The molecule has 4 heteroatoms. The molecule has 0 aliphatic carbocycles. The van der Waals surface area contributed by atoms with Crippen molar-refractivity contribution in [2.24, 2.45) is 0 Å². The van der Waals surface area contributed by atoms with E-state index in [1.165, 1.54) is 0 Å². The van der Waals surface area contributed by atoms with E-state index in [4.69, 9.17) is 14.2 Å². The van der Waals surface area contributed by atoms with Gasteiger partial charge in [0.15, 0.2) is 5.79 Å². The Morgan fingerprint density at radius 3 is 2.61 bits per heavy atom. The molecule has 1 heterocycles. The minimum absolute atomic E-state index is 0.229. The van der Waals surface area contributed by atoms with E-state index in [-0.39, 0.29) is 12.7 Å². The van der Waals surface area contributed by atoms with Crippen molar-refractivity contribution in [3.8, 4) is 0 Å². The zero-order chi connectivity index (χ0) is 13.0. The van der Waals surface area contributed by atoms with Crippen LogP contribution < -0.4 is 0 Å². The average molecular weight is 252 g/mol. The standard InChI is InChI=1S/C14H20O4/c1-14(2)17-9-12(15)13(10-18-14)16-8-11-6-4-3-5-7-11/h3-7,12-13,15H,8-10H2,1-2H3/t12-,13-/m1/s1. The van der Waals surface area contributed by atoms with Crippen molar-refractivity contribution < 1.29 is 19.3 Å². The monoisotopic (exact) mass is 252 g/mol. The van der Waals surface area contributed by atoms with Gasteiger partial charge in [0.2, 0.25) is 0 Å². The van der Waals surface area contributed by atoms with E-state index in [1.54, 1.807) is 0 Å². The number of aliphatic hydroxyl groups excluding tert-OH is 1. The fourth-order valence-electron chi connectivity index (χ4n) is 1.77. The molecule has 0 unspecified atom stereocenters. The summed E-state index contributed by atoms with van der Waals surface area (Å²) in [6.45, 7) is 4.69. The van der Waals surface area contributed by atoms with Crippen LogP contribution in [0.5, 0.6) is 0 Å². The summed E-state index contributed by atoms with van der Waals surface area (Å²) in [5.41, 5.74) is 1.08. The largest absolute Gasteiger partial charge is 0.388 e. The zero-order valence-corrected chi connectivity index (χ0v) is 10.8. The van der Waals surface area contributed by atoms with Crippen molar-refractivity contribution >= 4 is 0 Å². The second-order valence-electron chi connectivity index (χ2n) is 4.92. The number of benzene rings is 1. The van der Waals surface area contributed by atoms with Gasteiger partial charge in [0.1, 0.15) is 12.2 Å². The number of hydrogen-bond donors (Lipinski definition) is 1. The zero-order valence-electron chi connectivity index (χ0n) is 10.8. The highest BCUT2D eigenvalue weighted by Gasteiger charge is 2.31. The molecule has 18 heavy (non-hydrogen) atoms. The summed E-state index contributed by atoms with van der Waals surface area (Å²) >= 11 is 0. The van der Waals surface area contributed by atoms with Crippen molar-refractivity contribution in [2.45, 2.75) is 38.4 Å². The fraction of sp³-hybridized carbons (Fsp3) is 0.571. The summed E-state index contributed by atoms with van der Waals surface area (Å²) in [6, 6.07) is 9.87. The van der Waals surface area contributed by atoms with Crippen LogP contribution in [0.3, 0.4) is 0 Å². The molecule has 0 bridgehead atoms. The third-order valence-corrected chi connectivity index (χ3v) is 2.93. The highest BCUT2D eigenvalue weighted by molar-refractivity contribution is 5.13. The first kappa shape index (κ1) is 13.5. The van der Waals surface area contributed by atoms with Crippen LogP contribution in [0.15, 0.2) is 30.3 Å². The molecule has 0 radical (unpaired) electrons. The molecule has 0 aromatic heterocycles. The summed E-state index contributed by atoms with van der Waals surface area (Å²) in [7, 11) is 0. The van der Waals surface area contributed by atoms with Gasteiger partial charge in [0.05, 0.1) is 19.8 Å². The first-order chi connectivity index (χ1) is 8.57. The lowest BCUT2D eigenvalue weighted by Crippen LogP contribution is -2.34. The van der Waals surface area contributed by atoms with Crippen LogP contribution in [0.4, 0.5) is 0 Å². The second kappa shape index (κ2) is 5.80. The van der Waals surface area contributed by atoms with E-state index in [9.17, 15) is 5.11 Å². The molecule has 1 aromatic rings. The maximum absolute atomic E-state index is 9.93. The second-order valence-corrected chi connectivity index (χ2v) is 4.92. The van der Waals surface area contributed by atoms with Gasteiger partial charge in [0, 0.05) is 0 Å². The first-order valence-corrected chi connectivity index (χ1v) is 6.18. The molecule has 1 N–H and O–H groups in total. The van der Waals surface area contributed by atoms with Gasteiger partial charge in [-0.2, -0.15) is 0 Å². The van der Waals surface area contributed by atoms with E-state index in [2.05, 4.69) is 0 Å². The molecule has 1 saturated heterocycles. The quantitative estimate of drug-likeness (QED) is 0.889. The smallest absolute Gasteiger partial charge is 0.163 e. The molecule has 0 spiro atoms. The Morgan fingerprint density at radius 1 is 1.22 bits per heavy atom. The SMILES string of the molecule is CC1(C)OC[C@@H](O)[C@H](OCc2ccccc2)CO1. The summed E-state index contributed by atoms with van der Waals surface area (Å²) in [5.74, 6) is -0.661. The predicted octanol–water partition coefficient (Wildman–Crippen LogP) is 1.72. The summed E-state index contributed by atoms with van der Waals surface area (Å²) < 4.78 is 16.7. The Hall–Kier alpha value is -0.940. The van der Waals surface area contributed by atoms with Gasteiger partial charge in [-0.1, -0.05) is 30.3 Å². The fourth-order valence-corrected chi connectivity index (χ4v) is 1.77. The lowest BCUT2D eigenvalue weighted by Gasteiger charge is -2.22. The van der Waals surface area contributed by atoms with E-state index >= 15 is 0 Å². The van der Waals surface area contributed by atoms with Crippen molar-refractivity contribution in [2.75, 3.05) is 13.2 Å². The van der Waals surface area contributed by atoms with Gasteiger partial charge < -0.3 is 19.3 Å². The van der Waals surface area contributed by atoms with Crippen LogP contribution >= 0.6 is 0 Å². The van der Waals surface area contributed by atoms with E-state index in [1.807, 2.05) is 44.2 Å². The number of rotatable bonds is 3. The Balaban J connectivity index is 1.88. The van der Waals surface area contributed by atoms with Gasteiger partial charge in [-0.15, -0.1) is 0 Å². The highest BCUT2D eigenvalue weighted by atomic mass is 16.7. The van der Waals surface area contributed by atoms with E-state index in [0.29, 0.717) is 13.2 Å². The number of ether oxygens (including phenoxy) is 3. The molecule has 1 aromatic carbocycles. The highest BCUT2D eigenvalue weighted by Crippen LogP contribution is 2.19. The lowest BCUT2D eigenvalue weighted by molar-refractivity contribution is -0.206. The summed E-state index contributed by atoms with van der Waals surface area (Å²) in [5, 5.41) is 9.93. The van der Waals surface area contributed by atoms with Gasteiger partial charge in [0.25, 0.3) is 0 Å². The molecule has 0 saturated carbocycles. The van der Waals surface area contributed by atoms with Crippen molar-refractivity contribution in [1.82, 2.24) is 0 Å². The van der Waals surface area contributed by atoms with Gasteiger partial charge in [-0.05, 0) is 19.4 Å². The Kier molecular flexibility index (Phi) is 4.35. The molecule has 2 atom stereocenters. The lowest BCUT2D eigenvalue weighted by atomic mass is 10.2. The molecule has 4 nitrogen and oxygen atoms in total. The Labute approximate surface area is 107 Å². The molecular weight excluding hydrogens is 232 g/mol. The van der Waals surface area contributed by atoms with E-state index < -0.39 is 11.9 Å². The normalized spacial score (nSPS) is 27.7. The van der Waals surface area contributed by atoms with Gasteiger partial charge >= 0.3 is 0 Å². The third kappa shape index (κ3) is 3.78. The van der Waals surface area contributed by atoms with Gasteiger partial charge in [-0.25, -0.2) is 0 Å².